The summed E-state index contributed by atoms with van der Waals surface area (Å²) in [6.45, 7) is 0. The standard InChI is InChI=1S/C12H16N2O3/c15-11(9-5-6-13-7-9)14-10-3-1-8(2-4-10)12(16)17/h5-8,10,13H,1-4H2,(H,14,15)(H,16,17). The van der Waals surface area contributed by atoms with Gasteiger partial charge in [-0.3, -0.25) is 9.59 Å². The number of H-pyrrole nitrogens is 1. The van der Waals surface area contributed by atoms with Gasteiger partial charge in [0.05, 0.1) is 11.5 Å². The topological polar surface area (TPSA) is 82.2 Å². The van der Waals surface area contributed by atoms with Crippen molar-refractivity contribution in [3.63, 3.8) is 0 Å². The maximum atomic E-state index is 11.7. The molecule has 0 bridgehead atoms. The van der Waals surface area contributed by atoms with E-state index in [9.17, 15) is 9.59 Å². The van der Waals surface area contributed by atoms with Crippen LogP contribution in [0, 0.1) is 5.92 Å². The second-order valence-electron chi connectivity index (χ2n) is 4.46. The van der Waals surface area contributed by atoms with Crippen molar-refractivity contribution in [1.82, 2.24) is 10.3 Å². The van der Waals surface area contributed by atoms with Crippen molar-refractivity contribution in [3.05, 3.63) is 24.0 Å². The van der Waals surface area contributed by atoms with E-state index in [0.29, 0.717) is 18.4 Å². The molecule has 0 unspecified atom stereocenters. The Morgan fingerprint density at radius 2 is 2.00 bits per heavy atom. The SMILES string of the molecule is O=C(NC1CCC(C(=O)O)CC1)c1cc[nH]c1. The van der Waals surface area contributed by atoms with Crippen LogP contribution >= 0.6 is 0 Å². The third kappa shape index (κ3) is 2.87. The second-order valence-corrected chi connectivity index (χ2v) is 4.46. The molecule has 92 valence electrons. The number of carboxylic acid groups (broad SMARTS) is 1. The molecule has 1 aromatic rings. The number of carboxylic acids is 1. The molecule has 5 heteroatoms. The molecule has 1 fully saturated rings. The smallest absolute Gasteiger partial charge is 0.306 e. The lowest BCUT2D eigenvalue weighted by Crippen LogP contribution is -2.38. The van der Waals surface area contributed by atoms with Gasteiger partial charge in [0, 0.05) is 18.4 Å². The Bertz CT molecular complexity index is 392. The fraction of sp³-hybridized carbons (Fsp3) is 0.500. The number of aromatic amines is 1. The van der Waals surface area contributed by atoms with Crippen molar-refractivity contribution in [3.8, 4) is 0 Å². The number of rotatable bonds is 3. The summed E-state index contributed by atoms with van der Waals surface area (Å²) in [5, 5.41) is 11.8. The van der Waals surface area contributed by atoms with Crippen LogP contribution < -0.4 is 5.32 Å². The van der Waals surface area contributed by atoms with Crippen molar-refractivity contribution in [2.24, 2.45) is 5.92 Å². The van der Waals surface area contributed by atoms with Crippen LogP contribution in [0.25, 0.3) is 0 Å². The van der Waals surface area contributed by atoms with E-state index in [-0.39, 0.29) is 17.9 Å². The van der Waals surface area contributed by atoms with E-state index in [2.05, 4.69) is 10.3 Å². The fourth-order valence-corrected chi connectivity index (χ4v) is 2.22. The molecule has 3 N–H and O–H groups in total. The van der Waals surface area contributed by atoms with Crippen molar-refractivity contribution in [1.29, 1.82) is 0 Å². The Hall–Kier alpha value is -1.78. The number of aromatic nitrogens is 1. The number of hydrogen-bond donors (Lipinski definition) is 3. The molecular weight excluding hydrogens is 220 g/mol. The maximum Gasteiger partial charge on any atom is 0.306 e. The molecule has 1 saturated carbocycles. The van der Waals surface area contributed by atoms with Gasteiger partial charge in [-0.05, 0) is 31.7 Å². The van der Waals surface area contributed by atoms with Crippen molar-refractivity contribution >= 4 is 11.9 Å². The third-order valence-corrected chi connectivity index (χ3v) is 3.27. The first-order valence-corrected chi connectivity index (χ1v) is 5.83. The van der Waals surface area contributed by atoms with Crippen LogP contribution in [-0.4, -0.2) is 28.0 Å². The molecule has 0 saturated heterocycles. The van der Waals surface area contributed by atoms with Gasteiger partial charge in [0.25, 0.3) is 5.91 Å². The zero-order chi connectivity index (χ0) is 12.3. The minimum atomic E-state index is -0.722. The van der Waals surface area contributed by atoms with Crippen LogP contribution in [0.4, 0.5) is 0 Å². The largest absolute Gasteiger partial charge is 0.481 e. The van der Waals surface area contributed by atoms with Crippen molar-refractivity contribution in [2.75, 3.05) is 0 Å². The molecule has 0 atom stereocenters. The first-order valence-electron chi connectivity index (χ1n) is 5.83. The average molecular weight is 236 g/mol. The average Bonchev–Trinajstić information content (AvgIpc) is 2.83. The molecule has 0 aromatic carbocycles. The van der Waals surface area contributed by atoms with Crippen LogP contribution in [0.5, 0.6) is 0 Å². The molecule has 0 aliphatic heterocycles. The first kappa shape index (κ1) is 11.7. The van der Waals surface area contributed by atoms with Gasteiger partial charge >= 0.3 is 5.97 Å². The number of carbonyl (C=O) groups is 2. The molecule has 1 heterocycles. The molecule has 0 spiro atoms. The summed E-state index contributed by atoms with van der Waals surface area (Å²) >= 11 is 0. The van der Waals surface area contributed by atoms with Gasteiger partial charge in [-0.25, -0.2) is 0 Å². The third-order valence-electron chi connectivity index (χ3n) is 3.27. The van der Waals surface area contributed by atoms with Gasteiger partial charge < -0.3 is 15.4 Å². The lowest BCUT2D eigenvalue weighted by Gasteiger charge is -2.26. The zero-order valence-corrected chi connectivity index (χ0v) is 9.48. The summed E-state index contributed by atoms with van der Waals surface area (Å²) in [5.74, 6) is -1.05. The summed E-state index contributed by atoms with van der Waals surface area (Å²) in [7, 11) is 0. The van der Waals surface area contributed by atoms with E-state index in [1.165, 1.54) is 0 Å². The summed E-state index contributed by atoms with van der Waals surface area (Å²) in [5.41, 5.74) is 0.616. The zero-order valence-electron chi connectivity index (χ0n) is 9.48. The summed E-state index contributed by atoms with van der Waals surface area (Å²) < 4.78 is 0. The van der Waals surface area contributed by atoms with Crippen molar-refractivity contribution < 1.29 is 14.7 Å². The van der Waals surface area contributed by atoms with Gasteiger partial charge in [-0.2, -0.15) is 0 Å². The first-order chi connectivity index (χ1) is 8.16. The Kier molecular flexibility index (Phi) is 3.46. The summed E-state index contributed by atoms with van der Waals surface area (Å²) in [6, 6.07) is 1.83. The lowest BCUT2D eigenvalue weighted by molar-refractivity contribution is -0.142. The van der Waals surface area contributed by atoms with Gasteiger partial charge in [0.2, 0.25) is 0 Å². The monoisotopic (exact) mass is 236 g/mol. The number of nitrogens with one attached hydrogen (secondary N) is 2. The van der Waals surface area contributed by atoms with Crippen LogP contribution in [0.2, 0.25) is 0 Å². The maximum absolute atomic E-state index is 11.7. The van der Waals surface area contributed by atoms with E-state index < -0.39 is 5.97 Å². The minimum Gasteiger partial charge on any atom is -0.481 e. The molecule has 1 aromatic heterocycles. The Labute approximate surface area is 99.2 Å². The number of amides is 1. The highest BCUT2D eigenvalue weighted by molar-refractivity contribution is 5.94. The summed E-state index contributed by atoms with van der Waals surface area (Å²) in [4.78, 5) is 25.4. The normalized spacial score (nSPS) is 24.2. The van der Waals surface area contributed by atoms with Gasteiger partial charge in [0.1, 0.15) is 0 Å². The predicted octanol–water partition coefficient (Wildman–Crippen LogP) is 1.39. The van der Waals surface area contributed by atoms with Gasteiger partial charge in [-0.1, -0.05) is 0 Å². The molecule has 1 amide bonds. The highest BCUT2D eigenvalue weighted by Gasteiger charge is 2.26. The molecule has 0 radical (unpaired) electrons. The van der Waals surface area contributed by atoms with E-state index in [1.54, 1.807) is 18.5 Å². The molecule has 5 nitrogen and oxygen atoms in total. The minimum absolute atomic E-state index is 0.0926. The Morgan fingerprint density at radius 3 is 2.53 bits per heavy atom. The highest BCUT2D eigenvalue weighted by atomic mass is 16.4. The fourth-order valence-electron chi connectivity index (χ4n) is 2.22. The Balaban J connectivity index is 1.82. The molecule has 17 heavy (non-hydrogen) atoms. The quantitative estimate of drug-likeness (QED) is 0.741. The molecule has 2 rings (SSSR count). The van der Waals surface area contributed by atoms with E-state index in [0.717, 1.165) is 12.8 Å². The predicted molar refractivity (Wildman–Crippen MR) is 61.6 cm³/mol. The van der Waals surface area contributed by atoms with Crippen LogP contribution in [0.1, 0.15) is 36.0 Å². The highest BCUT2D eigenvalue weighted by Crippen LogP contribution is 2.24. The number of hydrogen-bond acceptors (Lipinski definition) is 2. The number of aliphatic carboxylic acids is 1. The summed E-state index contributed by atoms with van der Waals surface area (Å²) in [6.07, 6.45) is 6.13. The second kappa shape index (κ2) is 5.03. The van der Waals surface area contributed by atoms with Crippen LogP contribution in [-0.2, 0) is 4.79 Å². The van der Waals surface area contributed by atoms with Gasteiger partial charge in [0.15, 0.2) is 0 Å². The van der Waals surface area contributed by atoms with E-state index >= 15 is 0 Å². The van der Waals surface area contributed by atoms with Crippen molar-refractivity contribution in [2.45, 2.75) is 31.7 Å². The van der Waals surface area contributed by atoms with Gasteiger partial charge in [-0.15, -0.1) is 0 Å². The molecule has 1 aliphatic rings. The van der Waals surface area contributed by atoms with Crippen LogP contribution in [0.3, 0.4) is 0 Å². The molecule has 1 aliphatic carbocycles. The van der Waals surface area contributed by atoms with E-state index in [1.807, 2.05) is 0 Å². The number of carbonyl (C=O) groups excluding carboxylic acids is 1. The van der Waals surface area contributed by atoms with E-state index in [4.69, 9.17) is 5.11 Å². The molecular formula is C12H16N2O3. The van der Waals surface area contributed by atoms with Crippen LogP contribution in [0.15, 0.2) is 18.5 Å². The lowest BCUT2D eigenvalue weighted by atomic mass is 9.86. The Morgan fingerprint density at radius 1 is 1.29 bits per heavy atom.